The van der Waals surface area contributed by atoms with E-state index in [1.165, 1.54) is 37.9 Å². The van der Waals surface area contributed by atoms with Crippen LogP contribution >= 0.6 is 28.3 Å². The first-order valence-electron chi connectivity index (χ1n) is 6.73. The number of halogens is 2. The fraction of sp³-hybridized carbons (Fsp3) is 0.600. The average Bonchev–Trinajstić information content (AvgIpc) is 2.74. The third kappa shape index (κ3) is 3.09. The van der Waals surface area contributed by atoms with Crippen molar-refractivity contribution in [2.45, 2.75) is 30.6 Å². The summed E-state index contributed by atoms with van der Waals surface area (Å²) in [5, 5.41) is 0. The van der Waals surface area contributed by atoms with E-state index in [1.54, 1.807) is 0 Å². The first-order chi connectivity index (χ1) is 8.33. The van der Waals surface area contributed by atoms with E-state index in [-0.39, 0.29) is 12.4 Å². The third-order valence-electron chi connectivity index (χ3n) is 4.34. The molecule has 1 heterocycles. The second-order valence-corrected chi connectivity index (χ2v) is 6.73. The number of alkyl halides is 1. The largest absolute Gasteiger partial charge is 0.298 e. The van der Waals surface area contributed by atoms with Gasteiger partial charge >= 0.3 is 0 Å². The summed E-state index contributed by atoms with van der Waals surface area (Å²) in [5.41, 5.74) is 1.46. The monoisotopic (exact) mass is 329 g/mol. The Hall–Kier alpha value is -0.0500. The molecule has 0 bridgehead atoms. The molecule has 0 N–H and O–H groups in total. The summed E-state index contributed by atoms with van der Waals surface area (Å²) in [4.78, 5) is 3.41. The first kappa shape index (κ1) is 14.4. The number of hydrogen-bond donors (Lipinski definition) is 0. The molecule has 1 aromatic carbocycles. The molecule has 100 valence electrons. The molecule has 18 heavy (non-hydrogen) atoms. The highest BCUT2D eigenvalue weighted by molar-refractivity contribution is 9.09. The van der Waals surface area contributed by atoms with Crippen LogP contribution in [0, 0.1) is 11.8 Å². The fourth-order valence-corrected chi connectivity index (χ4v) is 4.39. The highest BCUT2D eigenvalue weighted by atomic mass is 79.9. The van der Waals surface area contributed by atoms with E-state index in [1.807, 2.05) is 0 Å². The molecule has 2 aliphatic rings. The van der Waals surface area contributed by atoms with E-state index < -0.39 is 0 Å². The van der Waals surface area contributed by atoms with E-state index >= 15 is 0 Å². The number of nitrogens with zero attached hydrogens (tertiary/aromatic N) is 1. The van der Waals surface area contributed by atoms with E-state index in [9.17, 15) is 0 Å². The molecule has 1 saturated carbocycles. The zero-order valence-corrected chi connectivity index (χ0v) is 13.0. The summed E-state index contributed by atoms with van der Waals surface area (Å²) in [6, 6.07) is 10.9. The lowest BCUT2D eigenvalue weighted by atomic mass is 9.82. The van der Waals surface area contributed by atoms with E-state index in [0.29, 0.717) is 0 Å². The van der Waals surface area contributed by atoms with Gasteiger partial charge in [-0.1, -0.05) is 52.7 Å². The molecule has 0 radical (unpaired) electrons. The zero-order valence-electron chi connectivity index (χ0n) is 10.6. The molecule has 1 nitrogen and oxygen atoms in total. The lowest BCUT2D eigenvalue weighted by molar-refractivity contribution is 0.311. The minimum atomic E-state index is 0. The van der Waals surface area contributed by atoms with Crippen LogP contribution in [0.25, 0.3) is 0 Å². The molecular weight excluding hydrogens is 310 g/mol. The van der Waals surface area contributed by atoms with Crippen molar-refractivity contribution in [3.05, 3.63) is 35.9 Å². The second kappa shape index (κ2) is 6.40. The van der Waals surface area contributed by atoms with Gasteiger partial charge in [0.25, 0.3) is 0 Å². The molecule has 2 fully saturated rings. The molecule has 3 unspecified atom stereocenters. The molecule has 0 spiro atoms. The molecule has 1 saturated heterocycles. The van der Waals surface area contributed by atoms with Gasteiger partial charge < -0.3 is 0 Å². The smallest absolute Gasteiger partial charge is 0.0233 e. The normalized spacial score (nSPS) is 31.7. The molecule has 3 rings (SSSR count). The Bertz CT molecular complexity index is 370. The van der Waals surface area contributed by atoms with Gasteiger partial charge in [0.15, 0.2) is 0 Å². The van der Waals surface area contributed by atoms with Crippen LogP contribution in [-0.2, 0) is 6.54 Å². The van der Waals surface area contributed by atoms with Gasteiger partial charge in [-0.05, 0) is 30.2 Å². The second-order valence-electron chi connectivity index (χ2n) is 5.55. The van der Waals surface area contributed by atoms with Gasteiger partial charge in [0.2, 0.25) is 0 Å². The first-order valence-corrected chi connectivity index (χ1v) is 7.65. The van der Waals surface area contributed by atoms with Crippen molar-refractivity contribution in [3.8, 4) is 0 Å². The quantitative estimate of drug-likeness (QED) is 0.738. The minimum absolute atomic E-state index is 0. The van der Waals surface area contributed by atoms with Crippen LogP contribution in [0.1, 0.15) is 24.8 Å². The molecule has 3 heteroatoms. The number of rotatable bonds is 2. The van der Waals surface area contributed by atoms with Gasteiger partial charge in [0, 0.05) is 24.5 Å². The Morgan fingerprint density at radius 3 is 2.61 bits per heavy atom. The molecule has 0 amide bonds. The maximum absolute atomic E-state index is 3.88. The summed E-state index contributed by atoms with van der Waals surface area (Å²) in [6.45, 7) is 3.73. The summed E-state index contributed by atoms with van der Waals surface area (Å²) < 4.78 is 0. The van der Waals surface area contributed by atoms with Gasteiger partial charge in [-0.15, -0.1) is 12.4 Å². The predicted octanol–water partition coefficient (Wildman–Crippen LogP) is 4.10. The van der Waals surface area contributed by atoms with Crippen molar-refractivity contribution in [2.24, 2.45) is 11.8 Å². The lowest BCUT2D eigenvalue weighted by Gasteiger charge is -2.28. The van der Waals surface area contributed by atoms with Gasteiger partial charge in [0.05, 0.1) is 0 Å². The van der Waals surface area contributed by atoms with Crippen LogP contribution in [0.4, 0.5) is 0 Å². The maximum Gasteiger partial charge on any atom is 0.0233 e. The van der Waals surface area contributed by atoms with Crippen molar-refractivity contribution in [3.63, 3.8) is 0 Å². The van der Waals surface area contributed by atoms with Crippen molar-refractivity contribution in [2.75, 3.05) is 13.1 Å². The molecule has 1 aromatic rings. The van der Waals surface area contributed by atoms with E-state index in [2.05, 4.69) is 51.2 Å². The Balaban J connectivity index is 0.00000120. The van der Waals surface area contributed by atoms with Crippen molar-refractivity contribution >= 4 is 28.3 Å². The van der Waals surface area contributed by atoms with Gasteiger partial charge in [-0.3, -0.25) is 4.90 Å². The van der Waals surface area contributed by atoms with Crippen LogP contribution in [0.2, 0.25) is 0 Å². The van der Waals surface area contributed by atoms with Crippen molar-refractivity contribution in [1.82, 2.24) is 4.90 Å². The number of likely N-dealkylation sites (tertiary alicyclic amines) is 1. The van der Waals surface area contributed by atoms with Crippen LogP contribution in [0.5, 0.6) is 0 Å². The minimum Gasteiger partial charge on any atom is -0.298 e. The molecule has 1 aliphatic carbocycles. The van der Waals surface area contributed by atoms with Crippen molar-refractivity contribution in [1.29, 1.82) is 0 Å². The molecular formula is C15H21BrClN. The predicted molar refractivity (Wildman–Crippen MR) is 82.5 cm³/mol. The van der Waals surface area contributed by atoms with Gasteiger partial charge in [0.1, 0.15) is 0 Å². The van der Waals surface area contributed by atoms with Crippen LogP contribution in [-0.4, -0.2) is 22.8 Å². The highest BCUT2D eigenvalue weighted by Crippen LogP contribution is 2.40. The highest BCUT2D eigenvalue weighted by Gasteiger charge is 2.38. The SMILES string of the molecule is BrC1CCCC2CN(Cc3ccccc3)CC12.Cl. The topological polar surface area (TPSA) is 3.24 Å². The fourth-order valence-electron chi connectivity index (χ4n) is 3.46. The Morgan fingerprint density at radius 2 is 1.89 bits per heavy atom. The van der Waals surface area contributed by atoms with Crippen LogP contribution in [0.15, 0.2) is 30.3 Å². The van der Waals surface area contributed by atoms with Crippen molar-refractivity contribution < 1.29 is 0 Å². The van der Waals surface area contributed by atoms with Crippen LogP contribution in [0.3, 0.4) is 0 Å². The third-order valence-corrected chi connectivity index (χ3v) is 5.47. The summed E-state index contributed by atoms with van der Waals surface area (Å²) >= 11 is 3.88. The Kier molecular flexibility index (Phi) is 5.11. The molecule has 0 aromatic heterocycles. The number of hydrogen-bond acceptors (Lipinski definition) is 1. The maximum atomic E-state index is 3.88. The van der Waals surface area contributed by atoms with Gasteiger partial charge in [-0.25, -0.2) is 0 Å². The van der Waals surface area contributed by atoms with Gasteiger partial charge in [-0.2, -0.15) is 0 Å². The van der Waals surface area contributed by atoms with Crippen LogP contribution < -0.4 is 0 Å². The zero-order chi connectivity index (χ0) is 11.7. The van der Waals surface area contributed by atoms with E-state index in [4.69, 9.17) is 0 Å². The molecule has 1 aliphatic heterocycles. The summed E-state index contributed by atoms with van der Waals surface area (Å²) in [7, 11) is 0. The summed E-state index contributed by atoms with van der Waals surface area (Å²) in [5.74, 6) is 1.84. The molecule has 3 atom stereocenters. The standard InChI is InChI=1S/C15H20BrN.ClH/c16-15-8-4-7-13-10-17(11-14(13)15)9-12-5-2-1-3-6-12;/h1-3,5-6,13-15H,4,7-11H2;1H. The summed E-state index contributed by atoms with van der Waals surface area (Å²) in [6.07, 6.45) is 4.23. The Labute approximate surface area is 124 Å². The number of benzene rings is 1. The average molecular weight is 331 g/mol. The number of fused-ring (bicyclic) bond motifs is 1. The Morgan fingerprint density at radius 1 is 1.11 bits per heavy atom. The van der Waals surface area contributed by atoms with E-state index in [0.717, 1.165) is 23.2 Å². The lowest BCUT2D eigenvalue weighted by Crippen LogP contribution is -2.27.